The minimum atomic E-state index is -0.723. The van der Waals surface area contributed by atoms with Crippen molar-refractivity contribution in [3.63, 3.8) is 0 Å². The van der Waals surface area contributed by atoms with Gasteiger partial charge in [-0.2, -0.15) is 5.26 Å². The van der Waals surface area contributed by atoms with Crippen molar-refractivity contribution in [3.05, 3.63) is 93.8 Å². The molecule has 3 amide bonds. The largest absolute Gasteiger partial charge is 0.488 e. The molecule has 7 rings (SSSR count). The molecule has 0 aromatic heterocycles. The summed E-state index contributed by atoms with van der Waals surface area (Å²) < 4.78 is 27.2. The normalized spacial score (nSPS) is 20.1. The first-order valence-electron chi connectivity index (χ1n) is 17.7. The van der Waals surface area contributed by atoms with E-state index in [2.05, 4.69) is 21.2 Å². The number of benzene rings is 3. The Bertz CT molecular complexity index is 1860. The standard InChI is InChI=1S/C39H42FN5O6/c40-32-20-27(5-7-29(32)24-51-35-4-1-3-30-31(35)23-45(38(30)48)34-9-10-36(46)42-37(34)47)22-43-14-16-44(17-15-43)33-8-6-26(21-41)19-28(33)11-18-50-25-39(49)12-2-13-39/h1,3-8,19-20,34,49H,2,9-18,22-25H2,(H,42,46,47)/t34-/m0/s1. The number of piperazine rings is 1. The van der Waals surface area contributed by atoms with Crippen LogP contribution in [0.25, 0.3) is 0 Å². The summed E-state index contributed by atoms with van der Waals surface area (Å²) in [5.41, 5.74) is 4.42. The monoisotopic (exact) mass is 695 g/mol. The van der Waals surface area contributed by atoms with Crippen molar-refractivity contribution in [1.82, 2.24) is 15.1 Å². The second-order valence-corrected chi connectivity index (χ2v) is 14.0. The second-order valence-electron chi connectivity index (χ2n) is 14.0. The van der Waals surface area contributed by atoms with Gasteiger partial charge in [-0.15, -0.1) is 0 Å². The van der Waals surface area contributed by atoms with Gasteiger partial charge in [-0.25, -0.2) is 4.39 Å². The second kappa shape index (κ2) is 14.8. The van der Waals surface area contributed by atoms with Crippen LogP contribution in [0.15, 0.2) is 54.6 Å². The summed E-state index contributed by atoms with van der Waals surface area (Å²) >= 11 is 0. The number of carbonyl (C=O) groups is 3. The van der Waals surface area contributed by atoms with Gasteiger partial charge in [-0.3, -0.25) is 24.6 Å². The molecule has 3 aromatic rings. The number of nitriles is 1. The van der Waals surface area contributed by atoms with Crippen LogP contribution in [0.3, 0.4) is 0 Å². The molecule has 3 aromatic carbocycles. The van der Waals surface area contributed by atoms with Crippen LogP contribution in [0.5, 0.6) is 5.75 Å². The SMILES string of the molecule is N#Cc1ccc(N2CCN(Cc3ccc(COc4cccc5c4CN([C@H]4CCC(=O)NC4=O)C5=O)c(F)c3)CC2)c(CCOCC2(O)CCC2)c1. The van der Waals surface area contributed by atoms with Gasteiger partial charge in [0.25, 0.3) is 5.91 Å². The zero-order valence-electron chi connectivity index (χ0n) is 28.5. The van der Waals surface area contributed by atoms with E-state index in [0.29, 0.717) is 54.2 Å². The Morgan fingerprint density at radius 3 is 2.57 bits per heavy atom. The van der Waals surface area contributed by atoms with E-state index in [1.807, 2.05) is 24.3 Å². The Balaban J connectivity index is 0.920. The molecule has 1 aliphatic carbocycles. The summed E-state index contributed by atoms with van der Waals surface area (Å²) in [6.45, 7) is 4.76. The minimum absolute atomic E-state index is 0.0211. The molecule has 12 heteroatoms. The van der Waals surface area contributed by atoms with Gasteiger partial charge in [0.05, 0.1) is 37.0 Å². The Kier molecular flexibility index (Phi) is 10.0. The lowest BCUT2D eigenvalue weighted by atomic mass is 9.81. The van der Waals surface area contributed by atoms with Crippen LogP contribution in [0, 0.1) is 17.1 Å². The maximum Gasteiger partial charge on any atom is 0.255 e. The number of halogens is 1. The van der Waals surface area contributed by atoms with Crippen LogP contribution in [0.4, 0.5) is 10.1 Å². The van der Waals surface area contributed by atoms with Gasteiger partial charge >= 0.3 is 0 Å². The minimum Gasteiger partial charge on any atom is -0.488 e. The summed E-state index contributed by atoms with van der Waals surface area (Å²) in [7, 11) is 0. The number of hydrogen-bond acceptors (Lipinski definition) is 9. The first kappa shape index (κ1) is 34.6. The molecule has 1 atom stereocenters. The average molecular weight is 696 g/mol. The third-order valence-electron chi connectivity index (χ3n) is 10.5. The van der Waals surface area contributed by atoms with Crippen molar-refractivity contribution in [1.29, 1.82) is 5.26 Å². The lowest BCUT2D eigenvalue weighted by Crippen LogP contribution is -2.52. The van der Waals surface area contributed by atoms with Gasteiger partial charge in [-0.05, 0) is 79.6 Å². The first-order chi connectivity index (χ1) is 24.7. The molecule has 2 N–H and O–H groups in total. The number of fused-ring (bicyclic) bond motifs is 1. The van der Waals surface area contributed by atoms with Crippen LogP contribution in [0.1, 0.15) is 70.3 Å². The van der Waals surface area contributed by atoms with Crippen LogP contribution in [-0.4, -0.2) is 83.7 Å². The molecule has 51 heavy (non-hydrogen) atoms. The highest BCUT2D eigenvalue weighted by Crippen LogP contribution is 2.35. The number of carbonyl (C=O) groups excluding carboxylic acids is 3. The number of nitrogens with one attached hydrogen (secondary N) is 1. The molecule has 3 heterocycles. The number of piperidine rings is 1. The summed E-state index contributed by atoms with van der Waals surface area (Å²) in [4.78, 5) is 43.3. The van der Waals surface area contributed by atoms with E-state index in [0.717, 1.165) is 62.3 Å². The van der Waals surface area contributed by atoms with Crippen LogP contribution in [-0.2, 0) is 40.4 Å². The molecule has 0 unspecified atom stereocenters. The summed E-state index contributed by atoms with van der Waals surface area (Å²) in [5.74, 6) is -1.01. The zero-order chi connectivity index (χ0) is 35.5. The fourth-order valence-electron chi connectivity index (χ4n) is 7.40. The fraction of sp³-hybridized carbons (Fsp3) is 0.436. The maximum absolute atomic E-state index is 15.3. The molecule has 0 radical (unpaired) electrons. The van der Waals surface area contributed by atoms with Crippen molar-refractivity contribution in [2.45, 2.75) is 69.9 Å². The number of amides is 3. The van der Waals surface area contributed by atoms with E-state index in [9.17, 15) is 24.8 Å². The van der Waals surface area contributed by atoms with Gasteiger partial charge in [0.1, 0.15) is 24.2 Å². The van der Waals surface area contributed by atoms with E-state index < -0.39 is 17.6 Å². The lowest BCUT2D eigenvalue weighted by molar-refractivity contribution is -0.136. The molecule has 1 saturated carbocycles. The number of rotatable bonds is 12. The van der Waals surface area contributed by atoms with Gasteiger partial charge in [0.15, 0.2) is 0 Å². The molecule has 2 saturated heterocycles. The van der Waals surface area contributed by atoms with Crippen LogP contribution >= 0.6 is 0 Å². The van der Waals surface area contributed by atoms with Crippen LogP contribution in [0.2, 0.25) is 0 Å². The Morgan fingerprint density at radius 1 is 1.02 bits per heavy atom. The van der Waals surface area contributed by atoms with Gasteiger partial charge in [-0.1, -0.05) is 18.2 Å². The number of nitrogens with zero attached hydrogens (tertiary/aromatic N) is 4. The Labute approximate surface area is 296 Å². The predicted octanol–water partition coefficient (Wildman–Crippen LogP) is 3.83. The molecule has 3 aliphatic heterocycles. The smallest absolute Gasteiger partial charge is 0.255 e. The highest BCUT2D eigenvalue weighted by atomic mass is 19.1. The molecule has 266 valence electrons. The number of hydrogen-bond donors (Lipinski definition) is 2. The van der Waals surface area contributed by atoms with Crippen molar-refractivity contribution in [2.75, 3.05) is 44.3 Å². The maximum atomic E-state index is 15.3. The van der Waals surface area contributed by atoms with Crippen molar-refractivity contribution < 1.29 is 33.4 Å². The molecule has 3 fully saturated rings. The molecular formula is C39H42FN5O6. The van der Waals surface area contributed by atoms with E-state index in [4.69, 9.17) is 9.47 Å². The number of anilines is 1. The Hall–Kier alpha value is -4.83. The van der Waals surface area contributed by atoms with Crippen molar-refractivity contribution >= 4 is 23.4 Å². The van der Waals surface area contributed by atoms with Gasteiger partial charge in [0, 0.05) is 61.5 Å². The van der Waals surface area contributed by atoms with E-state index in [1.54, 1.807) is 30.3 Å². The lowest BCUT2D eigenvalue weighted by Gasteiger charge is -2.37. The predicted molar refractivity (Wildman–Crippen MR) is 185 cm³/mol. The first-order valence-corrected chi connectivity index (χ1v) is 17.7. The number of imide groups is 1. The summed E-state index contributed by atoms with van der Waals surface area (Å²) in [6.07, 6.45) is 3.71. The van der Waals surface area contributed by atoms with Crippen LogP contribution < -0.4 is 15.0 Å². The highest BCUT2D eigenvalue weighted by Gasteiger charge is 2.40. The van der Waals surface area contributed by atoms with Gasteiger partial charge < -0.3 is 24.4 Å². The molecular weight excluding hydrogens is 653 g/mol. The molecule has 0 spiro atoms. The third kappa shape index (κ3) is 7.61. The third-order valence-corrected chi connectivity index (χ3v) is 10.5. The molecule has 0 bridgehead atoms. The molecule has 4 aliphatic rings. The average Bonchev–Trinajstić information content (AvgIpc) is 3.45. The van der Waals surface area contributed by atoms with Gasteiger partial charge in [0.2, 0.25) is 11.8 Å². The van der Waals surface area contributed by atoms with E-state index >= 15 is 4.39 Å². The quantitative estimate of drug-likeness (QED) is 0.214. The van der Waals surface area contributed by atoms with E-state index in [1.165, 1.54) is 4.90 Å². The highest BCUT2D eigenvalue weighted by molar-refractivity contribution is 6.05. The number of ether oxygens (including phenoxy) is 2. The summed E-state index contributed by atoms with van der Waals surface area (Å²) in [6, 6.07) is 17.6. The topological polar surface area (TPSA) is 135 Å². The summed E-state index contributed by atoms with van der Waals surface area (Å²) in [5, 5.41) is 22.1. The molecule has 11 nitrogen and oxygen atoms in total. The van der Waals surface area contributed by atoms with E-state index in [-0.39, 0.29) is 43.6 Å². The van der Waals surface area contributed by atoms with Crippen molar-refractivity contribution in [3.8, 4) is 11.8 Å². The Morgan fingerprint density at radius 2 is 1.84 bits per heavy atom. The zero-order valence-corrected chi connectivity index (χ0v) is 28.5. The fourth-order valence-corrected chi connectivity index (χ4v) is 7.40. The van der Waals surface area contributed by atoms with Crippen molar-refractivity contribution in [2.24, 2.45) is 0 Å². The number of aliphatic hydroxyl groups is 1.